The number of rotatable bonds is 7. The van der Waals surface area contributed by atoms with Crippen molar-refractivity contribution < 1.29 is 19.5 Å². The minimum absolute atomic E-state index is 0.375. The highest BCUT2D eigenvalue weighted by molar-refractivity contribution is 6.37. The molecular weight excluding hydrogens is 280 g/mol. The van der Waals surface area contributed by atoms with Gasteiger partial charge in [0.2, 0.25) is 5.78 Å². The van der Waals surface area contributed by atoms with Crippen molar-refractivity contribution in [2.75, 3.05) is 0 Å². The molecule has 0 aromatic heterocycles. The second-order valence-electron chi connectivity index (χ2n) is 5.01. The highest BCUT2D eigenvalue weighted by Crippen LogP contribution is 2.11. The lowest BCUT2D eigenvalue weighted by molar-refractivity contribution is -0.148. The van der Waals surface area contributed by atoms with Crippen LogP contribution in [0.2, 0.25) is 0 Å². The van der Waals surface area contributed by atoms with E-state index in [4.69, 9.17) is 5.11 Å². The normalized spacial score (nSPS) is 10.2. The summed E-state index contributed by atoms with van der Waals surface area (Å²) in [4.78, 5) is 33.5. The topological polar surface area (TPSA) is 71.4 Å². The quantitative estimate of drug-likeness (QED) is 0.484. The van der Waals surface area contributed by atoms with Crippen molar-refractivity contribution in [2.45, 2.75) is 19.3 Å². The van der Waals surface area contributed by atoms with Crippen LogP contribution < -0.4 is 0 Å². The molecule has 4 nitrogen and oxygen atoms in total. The lowest BCUT2D eigenvalue weighted by Crippen LogP contribution is -2.17. The summed E-state index contributed by atoms with van der Waals surface area (Å²) in [5.74, 6) is -3.12. The van der Waals surface area contributed by atoms with Crippen LogP contribution in [0.15, 0.2) is 54.6 Å². The van der Waals surface area contributed by atoms with Gasteiger partial charge in [0.25, 0.3) is 0 Å². The number of aliphatic carboxylic acids is 1. The molecule has 0 saturated carbocycles. The first kappa shape index (κ1) is 15.6. The summed E-state index contributed by atoms with van der Waals surface area (Å²) in [5.41, 5.74) is 2.57. The molecule has 2 rings (SSSR count). The Bertz CT molecular complexity index is 689. The van der Waals surface area contributed by atoms with Crippen LogP contribution in [0.4, 0.5) is 0 Å². The van der Waals surface area contributed by atoms with Gasteiger partial charge in [0.05, 0.1) is 6.42 Å². The number of Topliss-reactive ketones (excluding diaryl/α,β-unsaturated/α-hetero) is 2. The second-order valence-corrected chi connectivity index (χ2v) is 5.01. The summed E-state index contributed by atoms with van der Waals surface area (Å²) >= 11 is 0. The number of carboxylic acids is 1. The lowest BCUT2D eigenvalue weighted by atomic mass is 9.99. The molecule has 4 heteroatoms. The Balaban J connectivity index is 2.02. The Morgan fingerprint density at radius 3 is 2.14 bits per heavy atom. The predicted molar refractivity (Wildman–Crippen MR) is 81.9 cm³/mol. The largest absolute Gasteiger partial charge is 0.475 e. The summed E-state index contributed by atoms with van der Waals surface area (Å²) in [6.07, 6.45) is 1.03. The molecule has 0 amide bonds. The van der Waals surface area contributed by atoms with E-state index in [-0.39, 0.29) is 0 Å². The molecule has 2 aromatic carbocycles. The molecule has 0 bridgehead atoms. The Labute approximate surface area is 128 Å². The highest BCUT2D eigenvalue weighted by Gasteiger charge is 2.17. The maximum absolute atomic E-state index is 11.9. The van der Waals surface area contributed by atoms with Gasteiger partial charge in [-0.2, -0.15) is 0 Å². The minimum Gasteiger partial charge on any atom is -0.475 e. The third-order valence-corrected chi connectivity index (χ3v) is 3.35. The molecule has 0 unspecified atom stereocenters. The van der Waals surface area contributed by atoms with E-state index in [9.17, 15) is 14.4 Å². The van der Waals surface area contributed by atoms with Crippen LogP contribution in [-0.2, 0) is 22.4 Å². The predicted octanol–water partition coefficient (Wildman–Crippen LogP) is 2.70. The third kappa shape index (κ3) is 4.38. The fourth-order valence-corrected chi connectivity index (χ4v) is 2.16. The van der Waals surface area contributed by atoms with Crippen molar-refractivity contribution in [3.63, 3.8) is 0 Å². The number of carboxylic acid groups (broad SMARTS) is 1. The van der Waals surface area contributed by atoms with Crippen molar-refractivity contribution in [2.24, 2.45) is 0 Å². The van der Waals surface area contributed by atoms with Gasteiger partial charge < -0.3 is 5.11 Å². The molecule has 0 atom stereocenters. The lowest BCUT2D eigenvalue weighted by Gasteiger charge is -2.05. The van der Waals surface area contributed by atoms with Gasteiger partial charge in [-0.1, -0.05) is 48.5 Å². The van der Waals surface area contributed by atoms with E-state index in [0.717, 1.165) is 18.4 Å². The third-order valence-electron chi connectivity index (χ3n) is 3.35. The van der Waals surface area contributed by atoms with E-state index < -0.39 is 24.0 Å². The molecule has 22 heavy (non-hydrogen) atoms. The van der Waals surface area contributed by atoms with Crippen molar-refractivity contribution >= 4 is 17.5 Å². The van der Waals surface area contributed by atoms with Crippen LogP contribution in [0.5, 0.6) is 0 Å². The first-order valence-electron chi connectivity index (χ1n) is 6.98. The van der Waals surface area contributed by atoms with Gasteiger partial charge in [-0.25, -0.2) is 4.79 Å². The van der Waals surface area contributed by atoms with E-state index in [1.54, 1.807) is 18.2 Å². The number of benzene rings is 2. The zero-order valence-corrected chi connectivity index (χ0v) is 12.0. The molecule has 2 aromatic rings. The van der Waals surface area contributed by atoms with Crippen molar-refractivity contribution in [3.05, 3.63) is 71.3 Å². The highest BCUT2D eigenvalue weighted by atomic mass is 16.4. The molecule has 0 radical (unpaired) electrons. The molecule has 0 aliphatic carbocycles. The number of carbonyl (C=O) groups is 3. The van der Waals surface area contributed by atoms with Gasteiger partial charge in [0.1, 0.15) is 0 Å². The molecule has 0 heterocycles. The monoisotopic (exact) mass is 296 g/mol. The Morgan fingerprint density at radius 1 is 0.818 bits per heavy atom. The van der Waals surface area contributed by atoms with Gasteiger partial charge in [-0.3, -0.25) is 9.59 Å². The molecule has 0 spiro atoms. The summed E-state index contributed by atoms with van der Waals surface area (Å²) in [6.45, 7) is 0. The fourth-order valence-electron chi connectivity index (χ4n) is 2.16. The maximum atomic E-state index is 11.9. The maximum Gasteiger partial charge on any atom is 0.372 e. The summed E-state index contributed by atoms with van der Waals surface area (Å²) < 4.78 is 0. The zero-order valence-electron chi connectivity index (χ0n) is 12.0. The standard InChI is InChI=1S/C18H16O4/c19-16(12-17(20)18(21)22)15-8-4-7-14(11-15)10-9-13-5-2-1-3-6-13/h1-8,11H,9-10,12H2,(H,21,22). The summed E-state index contributed by atoms with van der Waals surface area (Å²) in [6, 6.07) is 17.0. The van der Waals surface area contributed by atoms with Crippen LogP contribution >= 0.6 is 0 Å². The van der Waals surface area contributed by atoms with E-state index >= 15 is 0 Å². The second kappa shape index (κ2) is 7.31. The molecular formula is C18H16O4. The molecule has 0 saturated heterocycles. The molecule has 0 aliphatic rings. The van der Waals surface area contributed by atoms with Crippen molar-refractivity contribution in [3.8, 4) is 0 Å². The van der Waals surface area contributed by atoms with Gasteiger partial charge in [-0.05, 0) is 30.0 Å². The van der Waals surface area contributed by atoms with Crippen LogP contribution in [0.3, 0.4) is 0 Å². The van der Waals surface area contributed by atoms with Gasteiger partial charge in [0, 0.05) is 5.56 Å². The van der Waals surface area contributed by atoms with Crippen LogP contribution in [-0.4, -0.2) is 22.6 Å². The molecule has 112 valence electrons. The van der Waals surface area contributed by atoms with Crippen LogP contribution in [0.1, 0.15) is 27.9 Å². The van der Waals surface area contributed by atoms with Crippen molar-refractivity contribution in [1.29, 1.82) is 0 Å². The number of carbonyl (C=O) groups excluding carboxylic acids is 2. The SMILES string of the molecule is O=C(O)C(=O)CC(=O)c1cccc(CCc2ccccc2)c1. The fraction of sp³-hybridized carbons (Fsp3) is 0.167. The van der Waals surface area contributed by atoms with E-state index in [2.05, 4.69) is 0 Å². The molecule has 1 N–H and O–H groups in total. The van der Waals surface area contributed by atoms with Gasteiger partial charge in [-0.15, -0.1) is 0 Å². The van der Waals surface area contributed by atoms with Gasteiger partial charge >= 0.3 is 5.97 Å². The average molecular weight is 296 g/mol. The van der Waals surface area contributed by atoms with E-state index in [0.29, 0.717) is 5.56 Å². The molecule has 0 aliphatic heterocycles. The van der Waals surface area contributed by atoms with E-state index in [1.807, 2.05) is 36.4 Å². The van der Waals surface area contributed by atoms with Gasteiger partial charge in [0.15, 0.2) is 5.78 Å². The number of aryl methyl sites for hydroxylation is 2. The number of hydrogen-bond donors (Lipinski definition) is 1. The zero-order chi connectivity index (χ0) is 15.9. The first-order valence-corrected chi connectivity index (χ1v) is 6.98. The van der Waals surface area contributed by atoms with Crippen LogP contribution in [0, 0.1) is 0 Å². The average Bonchev–Trinajstić information content (AvgIpc) is 2.54. The summed E-state index contributed by atoms with van der Waals surface area (Å²) in [7, 11) is 0. The van der Waals surface area contributed by atoms with Crippen LogP contribution in [0.25, 0.3) is 0 Å². The Kier molecular flexibility index (Phi) is 5.20. The first-order chi connectivity index (χ1) is 10.6. The Morgan fingerprint density at radius 2 is 1.45 bits per heavy atom. The summed E-state index contributed by atoms with van der Waals surface area (Å²) in [5, 5.41) is 8.54. The van der Waals surface area contributed by atoms with Crippen molar-refractivity contribution in [1.82, 2.24) is 0 Å². The smallest absolute Gasteiger partial charge is 0.372 e. The minimum atomic E-state index is -1.58. The Hall–Kier alpha value is -2.75. The molecule has 0 fully saturated rings. The van der Waals surface area contributed by atoms with E-state index in [1.165, 1.54) is 5.56 Å². The number of ketones is 2. The number of hydrogen-bond acceptors (Lipinski definition) is 3.